The van der Waals surface area contributed by atoms with Crippen LogP contribution in [-0.4, -0.2) is 25.0 Å². The molecule has 15 heavy (non-hydrogen) atoms. The standard InChI is InChI=1S/C14H21N/c1-12-4-3-5-13(7-6-12)14-8-10-15(2)11-9-14/h3-4,6-7,14H,5,8-11H2,1-2H3. The van der Waals surface area contributed by atoms with E-state index in [4.69, 9.17) is 0 Å². The Morgan fingerprint density at radius 2 is 1.93 bits per heavy atom. The summed E-state index contributed by atoms with van der Waals surface area (Å²) >= 11 is 0. The van der Waals surface area contributed by atoms with Crippen LogP contribution in [0.15, 0.2) is 35.5 Å². The Kier molecular flexibility index (Phi) is 3.42. The Hall–Kier alpha value is -0.820. The zero-order chi connectivity index (χ0) is 10.7. The summed E-state index contributed by atoms with van der Waals surface area (Å²) in [6.07, 6.45) is 13.0. The summed E-state index contributed by atoms with van der Waals surface area (Å²) in [4.78, 5) is 2.44. The summed E-state index contributed by atoms with van der Waals surface area (Å²) in [7, 11) is 2.22. The van der Waals surface area contributed by atoms with Crippen LogP contribution in [0.2, 0.25) is 0 Å². The van der Waals surface area contributed by atoms with Crippen LogP contribution in [0.25, 0.3) is 0 Å². The van der Waals surface area contributed by atoms with Gasteiger partial charge in [0.2, 0.25) is 0 Å². The average molecular weight is 203 g/mol. The first kappa shape index (κ1) is 10.7. The van der Waals surface area contributed by atoms with E-state index in [2.05, 4.69) is 43.2 Å². The molecule has 1 heteroatoms. The van der Waals surface area contributed by atoms with Gasteiger partial charge >= 0.3 is 0 Å². The number of hydrogen-bond acceptors (Lipinski definition) is 1. The molecule has 0 bridgehead atoms. The largest absolute Gasteiger partial charge is 0.306 e. The summed E-state index contributed by atoms with van der Waals surface area (Å²) < 4.78 is 0. The van der Waals surface area contributed by atoms with Crippen molar-refractivity contribution in [2.75, 3.05) is 20.1 Å². The van der Waals surface area contributed by atoms with Crippen molar-refractivity contribution >= 4 is 0 Å². The molecule has 0 atom stereocenters. The van der Waals surface area contributed by atoms with Crippen LogP contribution in [0.1, 0.15) is 26.2 Å². The summed E-state index contributed by atoms with van der Waals surface area (Å²) in [5.74, 6) is 0.827. The van der Waals surface area contributed by atoms with Gasteiger partial charge in [0.15, 0.2) is 0 Å². The van der Waals surface area contributed by atoms with Crippen molar-refractivity contribution in [1.82, 2.24) is 4.90 Å². The van der Waals surface area contributed by atoms with Gasteiger partial charge in [0.1, 0.15) is 0 Å². The molecule has 1 saturated heterocycles. The van der Waals surface area contributed by atoms with Gasteiger partial charge in [-0.25, -0.2) is 0 Å². The molecule has 1 heterocycles. The van der Waals surface area contributed by atoms with E-state index in [1.165, 1.54) is 31.5 Å². The first-order chi connectivity index (χ1) is 7.25. The molecule has 0 aromatic rings. The van der Waals surface area contributed by atoms with E-state index >= 15 is 0 Å². The van der Waals surface area contributed by atoms with Crippen molar-refractivity contribution in [2.24, 2.45) is 5.92 Å². The SMILES string of the molecule is CC1=CC=C(C2CCN(C)CC2)CC=C1. The number of likely N-dealkylation sites (tertiary alicyclic amines) is 1. The summed E-state index contributed by atoms with van der Waals surface area (Å²) in [5, 5.41) is 0. The molecule has 0 aromatic heterocycles. The molecular weight excluding hydrogens is 182 g/mol. The Balaban J connectivity index is 2.02. The highest BCUT2D eigenvalue weighted by atomic mass is 15.1. The Labute approximate surface area is 93.2 Å². The summed E-state index contributed by atoms with van der Waals surface area (Å²) in [5.41, 5.74) is 3.01. The fraction of sp³-hybridized carbons (Fsp3) is 0.571. The maximum Gasteiger partial charge on any atom is -0.00161 e. The third-order valence-electron chi connectivity index (χ3n) is 3.54. The van der Waals surface area contributed by atoms with E-state index in [0.29, 0.717) is 0 Å². The van der Waals surface area contributed by atoms with E-state index in [-0.39, 0.29) is 0 Å². The maximum atomic E-state index is 2.44. The minimum atomic E-state index is 0.827. The van der Waals surface area contributed by atoms with Crippen LogP contribution in [0.4, 0.5) is 0 Å². The van der Waals surface area contributed by atoms with Crippen LogP contribution in [0.3, 0.4) is 0 Å². The minimum absolute atomic E-state index is 0.827. The third-order valence-corrected chi connectivity index (χ3v) is 3.54. The van der Waals surface area contributed by atoms with Crippen LogP contribution in [0.5, 0.6) is 0 Å². The van der Waals surface area contributed by atoms with E-state index in [9.17, 15) is 0 Å². The quantitative estimate of drug-likeness (QED) is 0.633. The first-order valence-corrected chi connectivity index (χ1v) is 5.98. The van der Waals surface area contributed by atoms with Gasteiger partial charge in [-0.05, 0) is 52.2 Å². The number of allylic oxidation sites excluding steroid dienone is 6. The van der Waals surface area contributed by atoms with Crippen LogP contribution in [0, 0.1) is 5.92 Å². The molecule has 2 aliphatic rings. The van der Waals surface area contributed by atoms with Crippen molar-refractivity contribution in [2.45, 2.75) is 26.2 Å². The number of rotatable bonds is 1. The molecule has 82 valence electrons. The second-order valence-electron chi connectivity index (χ2n) is 4.84. The topological polar surface area (TPSA) is 3.24 Å². The highest BCUT2D eigenvalue weighted by Gasteiger charge is 2.19. The summed E-state index contributed by atoms with van der Waals surface area (Å²) in [6.45, 7) is 4.69. The predicted octanol–water partition coefficient (Wildman–Crippen LogP) is 3.16. The van der Waals surface area contributed by atoms with Crippen LogP contribution >= 0.6 is 0 Å². The van der Waals surface area contributed by atoms with Crippen molar-refractivity contribution in [3.8, 4) is 0 Å². The second kappa shape index (κ2) is 4.80. The highest BCUT2D eigenvalue weighted by molar-refractivity contribution is 5.30. The van der Waals surface area contributed by atoms with Gasteiger partial charge in [-0.15, -0.1) is 0 Å². The lowest BCUT2D eigenvalue weighted by Gasteiger charge is -2.30. The molecule has 2 rings (SSSR count). The van der Waals surface area contributed by atoms with Crippen LogP contribution < -0.4 is 0 Å². The lowest BCUT2D eigenvalue weighted by Crippen LogP contribution is -2.30. The second-order valence-corrected chi connectivity index (χ2v) is 4.84. The van der Waals surface area contributed by atoms with E-state index in [1.807, 2.05) is 0 Å². The zero-order valence-electron chi connectivity index (χ0n) is 9.87. The van der Waals surface area contributed by atoms with Gasteiger partial charge < -0.3 is 4.90 Å². The highest BCUT2D eigenvalue weighted by Crippen LogP contribution is 2.28. The molecule has 1 aliphatic heterocycles. The molecule has 1 aliphatic carbocycles. The van der Waals surface area contributed by atoms with Crippen molar-refractivity contribution in [1.29, 1.82) is 0 Å². The minimum Gasteiger partial charge on any atom is -0.306 e. The molecule has 0 aromatic carbocycles. The number of nitrogens with zero attached hydrogens (tertiary/aromatic N) is 1. The normalized spacial score (nSPS) is 24.7. The van der Waals surface area contributed by atoms with E-state index in [0.717, 1.165) is 12.3 Å². The molecule has 0 spiro atoms. The third kappa shape index (κ3) is 2.82. The first-order valence-electron chi connectivity index (χ1n) is 5.98. The smallest absolute Gasteiger partial charge is 0.00161 e. The lowest BCUT2D eigenvalue weighted by molar-refractivity contribution is 0.237. The molecule has 0 saturated carbocycles. The van der Waals surface area contributed by atoms with Gasteiger partial charge in [0, 0.05) is 0 Å². The average Bonchev–Trinajstić information content (AvgIpc) is 2.44. The molecule has 1 fully saturated rings. The predicted molar refractivity (Wildman–Crippen MR) is 65.8 cm³/mol. The molecule has 0 amide bonds. The van der Waals surface area contributed by atoms with Gasteiger partial charge in [-0.1, -0.05) is 35.5 Å². The van der Waals surface area contributed by atoms with Crippen molar-refractivity contribution in [3.05, 3.63) is 35.5 Å². The molecule has 0 unspecified atom stereocenters. The number of hydrogen-bond donors (Lipinski definition) is 0. The van der Waals surface area contributed by atoms with Crippen molar-refractivity contribution < 1.29 is 0 Å². The van der Waals surface area contributed by atoms with Crippen molar-refractivity contribution in [3.63, 3.8) is 0 Å². The fourth-order valence-corrected chi connectivity index (χ4v) is 2.43. The maximum absolute atomic E-state index is 2.44. The molecular formula is C14H21N. The molecule has 0 N–H and O–H groups in total. The molecule has 1 nitrogen and oxygen atoms in total. The van der Waals surface area contributed by atoms with E-state index in [1.54, 1.807) is 5.57 Å². The number of piperidine rings is 1. The Morgan fingerprint density at radius 3 is 2.67 bits per heavy atom. The molecule has 0 radical (unpaired) electrons. The van der Waals surface area contributed by atoms with Gasteiger partial charge in [0.05, 0.1) is 0 Å². The monoisotopic (exact) mass is 203 g/mol. The Morgan fingerprint density at radius 1 is 1.20 bits per heavy atom. The fourth-order valence-electron chi connectivity index (χ4n) is 2.43. The van der Waals surface area contributed by atoms with Gasteiger partial charge in [-0.3, -0.25) is 0 Å². The Bertz CT molecular complexity index is 301. The van der Waals surface area contributed by atoms with E-state index < -0.39 is 0 Å². The lowest BCUT2D eigenvalue weighted by atomic mass is 9.87. The van der Waals surface area contributed by atoms with Gasteiger partial charge in [0.25, 0.3) is 0 Å². The van der Waals surface area contributed by atoms with Gasteiger partial charge in [-0.2, -0.15) is 0 Å². The zero-order valence-corrected chi connectivity index (χ0v) is 9.87. The summed E-state index contributed by atoms with van der Waals surface area (Å²) in [6, 6.07) is 0. The van der Waals surface area contributed by atoms with Crippen LogP contribution in [-0.2, 0) is 0 Å².